The Morgan fingerprint density at radius 1 is 1.14 bits per heavy atom. The van der Waals surface area contributed by atoms with Gasteiger partial charge in [-0.1, -0.05) is 30.3 Å². The minimum atomic E-state index is -0.235. The number of Topliss-reactive ketones (excluding diaryl/α,β-unsaturated/α-hetero) is 1. The van der Waals surface area contributed by atoms with Crippen molar-refractivity contribution in [1.29, 1.82) is 0 Å². The Morgan fingerprint density at radius 3 is 2.79 bits per heavy atom. The number of rotatable bonds is 4. The van der Waals surface area contributed by atoms with Gasteiger partial charge in [0.2, 0.25) is 5.91 Å². The van der Waals surface area contributed by atoms with Crippen LogP contribution >= 0.6 is 11.3 Å². The van der Waals surface area contributed by atoms with E-state index in [0.29, 0.717) is 15.8 Å². The van der Waals surface area contributed by atoms with Crippen molar-refractivity contribution in [3.63, 3.8) is 0 Å². The van der Waals surface area contributed by atoms with Crippen LogP contribution in [0, 0.1) is 0 Å². The Labute approximate surface area is 169 Å². The van der Waals surface area contributed by atoms with Gasteiger partial charge in [-0.25, -0.2) is 4.98 Å². The smallest absolute Gasteiger partial charge is 0.263 e. The number of ketones is 1. The van der Waals surface area contributed by atoms with E-state index in [1.54, 1.807) is 18.2 Å². The molecule has 0 fully saturated rings. The molecule has 0 bridgehead atoms. The lowest BCUT2D eigenvalue weighted by molar-refractivity contribution is -0.115. The number of aromatic nitrogens is 2. The third-order valence-electron chi connectivity index (χ3n) is 5.01. The molecule has 0 unspecified atom stereocenters. The molecule has 0 spiro atoms. The third kappa shape index (κ3) is 3.05. The van der Waals surface area contributed by atoms with Gasteiger partial charge in [0.15, 0.2) is 5.78 Å². The molecule has 1 amide bonds. The van der Waals surface area contributed by atoms with Crippen LogP contribution in [0.5, 0.6) is 0 Å². The molecule has 2 aromatic carbocycles. The molecule has 0 aliphatic carbocycles. The molecule has 142 valence electrons. The number of hydrogen-bond acceptors (Lipinski definition) is 5. The molecule has 1 aliphatic heterocycles. The average Bonchev–Trinajstić information content (AvgIpc) is 3.33. The number of hydrogen-bond donors (Lipinski definition) is 1. The van der Waals surface area contributed by atoms with Gasteiger partial charge >= 0.3 is 0 Å². The second-order valence-electron chi connectivity index (χ2n) is 6.89. The second-order valence-corrected chi connectivity index (χ2v) is 7.75. The summed E-state index contributed by atoms with van der Waals surface area (Å²) in [4.78, 5) is 42.4. The molecule has 7 heteroatoms. The fraction of sp³-hybridized carbons (Fsp3) is 0.0909. The molecule has 5 rings (SSSR count). The van der Waals surface area contributed by atoms with Crippen molar-refractivity contribution < 1.29 is 9.59 Å². The van der Waals surface area contributed by atoms with Gasteiger partial charge in [0.25, 0.3) is 5.56 Å². The van der Waals surface area contributed by atoms with Gasteiger partial charge in [-0.15, -0.1) is 11.3 Å². The van der Waals surface area contributed by atoms with E-state index in [9.17, 15) is 14.4 Å². The van der Waals surface area contributed by atoms with Gasteiger partial charge in [0.05, 0.1) is 24.7 Å². The summed E-state index contributed by atoms with van der Waals surface area (Å²) in [6, 6.07) is 14.8. The van der Waals surface area contributed by atoms with Crippen molar-refractivity contribution in [3.8, 4) is 11.1 Å². The first kappa shape index (κ1) is 17.5. The van der Waals surface area contributed by atoms with Gasteiger partial charge in [0, 0.05) is 22.2 Å². The lowest BCUT2D eigenvalue weighted by atomic mass is 10.0. The number of carbonyl (C=O) groups excluding carboxylic acids is 2. The molecular weight excluding hydrogens is 386 g/mol. The maximum absolute atomic E-state index is 13.1. The lowest BCUT2D eigenvalue weighted by Crippen LogP contribution is -2.24. The molecule has 2 aromatic heterocycles. The van der Waals surface area contributed by atoms with Crippen LogP contribution in [-0.2, 0) is 17.8 Å². The number of anilines is 1. The number of nitrogens with zero attached hydrogens (tertiary/aromatic N) is 2. The summed E-state index contributed by atoms with van der Waals surface area (Å²) in [5.41, 5.74) is 3.54. The molecule has 6 nitrogen and oxygen atoms in total. The fourth-order valence-corrected chi connectivity index (χ4v) is 4.47. The van der Waals surface area contributed by atoms with E-state index in [4.69, 9.17) is 0 Å². The van der Waals surface area contributed by atoms with Gasteiger partial charge < -0.3 is 5.32 Å². The van der Waals surface area contributed by atoms with E-state index in [2.05, 4.69) is 10.3 Å². The normalized spacial score (nSPS) is 12.8. The molecule has 0 saturated carbocycles. The fourth-order valence-electron chi connectivity index (χ4n) is 3.56. The summed E-state index contributed by atoms with van der Waals surface area (Å²) in [6.07, 6.45) is 1.69. The first-order chi connectivity index (χ1) is 14.1. The maximum atomic E-state index is 13.1. The maximum Gasteiger partial charge on any atom is 0.263 e. The number of nitrogens with one attached hydrogen (secondary N) is 1. The molecule has 0 radical (unpaired) electrons. The van der Waals surface area contributed by atoms with E-state index in [1.165, 1.54) is 22.2 Å². The SMILES string of the molecule is O=C1Cc2cc(C(=O)Cn3cnc4scc(-c5ccccc5)c4c3=O)ccc2N1. The highest BCUT2D eigenvalue weighted by Gasteiger charge is 2.20. The summed E-state index contributed by atoms with van der Waals surface area (Å²) >= 11 is 1.41. The summed E-state index contributed by atoms with van der Waals surface area (Å²) in [5.74, 6) is -0.284. The summed E-state index contributed by atoms with van der Waals surface area (Å²) in [5, 5.41) is 5.20. The molecule has 0 saturated heterocycles. The number of thiophene rings is 1. The van der Waals surface area contributed by atoms with Crippen LogP contribution in [0.25, 0.3) is 21.3 Å². The summed E-state index contributed by atoms with van der Waals surface area (Å²) < 4.78 is 1.35. The van der Waals surface area contributed by atoms with Crippen molar-refractivity contribution in [1.82, 2.24) is 9.55 Å². The second kappa shape index (κ2) is 6.79. The number of benzene rings is 2. The minimum absolute atomic E-state index is 0.0821. The van der Waals surface area contributed by atoms with Gasteiger partial charge in [0.1, 0.15) is 4.83 Å². The van der Waals surface area contributed by atoms with Crippen LogP contribution in [0.15, 0.2) is 65.0 Å². The summed E-state index contributed by atoms with van der Waals surface area (Å²) in [6.45, 7) is -0.105. The first-order valence-electron chi connectivity index (χ1n) is 9.08. The number of carbonyl (C=O) groups is 2. The standard InChI is InChI=1S/C22H15N3O3S/c26-18(14-6-7-17-15(8-14)9-19(27)24-17)10-25-12-23-21-20(22(25)28)16(11-29-21)13-4-2-1-3-5-13/h1-8,11-12H,9-10H2,(H,24,27). The number of amides is 1. The zero-order chi connectivity index (χ0) is 20.0. The van der Waals surface area contributed by atoms with Crippen molar-refractivity contribution in [2.24, 2.45) is 0 Å². The molecular formula is C22H15N3O3S. The molecule has 29 heavy (non-hydrogen) atoms. The first-order valence-corrected chi connectivity index (χ1v) is 9.96. The Balaban J connectivity index is 1.51. The van der Waals surface area contributed by atoms with Crippen LogP contribution in [0.1, 0.15) is 15.9 Å². The largest absolute Gasteiger partial charge is 0.326 e. The highest BCUT2D eigenvalue weighted by Crippen LogP contribution is 2.30. The Hall–Kier alpha value is -3.58. The Kier molecular flexibility index (Phi) is 4.10. The van der Waals surface area contributed by atoms with E-state index in [-0.39, 0.29) is 30.2 Å². The minimum Gasteiger partial charge on any atom is -0.326 e. The van der Waals surface area contributed by atoms with Gasteiger partial charge in [-0.3, -0.25) is 19.0 Å². The van der Waals surface area contributed by atoms with Crippen molar-refractivity contribution in [3.05, 3.63) is 81.7 Å². The lowest BCUT2D eigenvalue weighted by Gasteiger charge is -2.07. The van der Waals surface area contributed by atoms with Crippen molar-refractivity contribution >= 4 is 38.9 Å². The van der Waals surface area contributed by atoms with Crippen LogP contribution in [0.3, 0.4) is 0 Å². The molecule has 4 aromatic rings. The topological polar surface area (TPSA) is 81.1 Å². The highest BCUT2D eigenvalue weighted by molar-refractivity contribution is 7.17. The molecule has 1 N–H and O–H groups in total. The Bertz CT molecular complexity index is 1340. The monoisotopic (exact) mass is 401 g/mol. The molecule has 1 aliphatic rings. The van der Waals surface area contributed by atoms with Gasteiger partial charge in [-0.05, 0) is 29.3 Å². The van der Waals surface area contributed by atoms with Crippen molar-refractivity contribution in [2.45, 2.75) is 13.0 Å². The van der Waals surface area contributed by atoms with E-state index >= 15 is 0 Å². The predicted molar refractivity (Wildman–Crippen MR) is 112 cm³/mol. The van der Waals surface area contributed by atoms with E-state index in [1.807, 2.05) is 35.7 Å². The Morgan fingerprint density at radius 2 is 1.97 bits per heavy atom. The van der Waals surface area contributed by atoms with Gasteiger partial charge in [-0.2, -0.15) is 0 Å². The van der Waals surface area contributed by atoms with Crippen LogP contribution in [0.4, 0.5) is 5.69 Å². The molecule has 0 atom stereocenters. The zero-order valence-electron chi connectivity index (χ0n) is 15.2. The predicted octanol–water partition coefficient (Wildman–Crippen LogP) is 3.50. The molecule has 3 heterocycles. The third-order valence-corrected chi connectivity index (χ3v) is 5.90. The van der Waals surface area contributed by atoms with Crippen LogP contribution in [-0.4, -0.2) is 21.2 Å². The van der Waals surface area contributed by atoms with E-state index < -0.39 is 0 Å². The average molecular weight is 401 g/mol. The van der Waals surface area contributed by atoms with Crippen LogP contribution in [0.2, 0.25) is 0 Å². The number of fused-ring (bicyclic) bond motifs is 2. The van der Waals surface area contributed by atoms with Crippen molar-refractivity contribution in [2.75, 3.05) is 5.32 Å². The van der Waals surface area contributed by atoms with Crippen LogP contribution < -0.4 is 10.9 Å². The summed E-state index contributed by atoms with van der Waals surface area (Å²) in [7, 11) is 0. The highest BCUT2D eigenvalue weighted by atomic mass is 32.1. The quantitative estimate of drug-likeness (QED) is 0.531. The zero-order valence-corrected chi connectivity index (χ0v) is 16.0. The van der Waals surface area contributed by atoms with E-state index in [0.717, 1.165) is 22.4 Å².